The lowest BCUT2D eigenvalue weighted by Crippen LogP contribution is -2.45. The van der Waals surface area contributed by atoms with Gasteiger partial charge in [0.2, 0.25) is 0 Å². The average Bonchev–Trinajstić information content (AvgIpc) is 3.54. The SMILES string of the molecule is COc1cc(C(=O)N2CCC[C@@H](N)C2)cc2nc(-c3cnc(-c4ccccn4)n3CC3CC3)n(C)c12. The van der Waals surface area contributed by atoms with Gasteiger partial charge in [0.25, 0.3) is 5.91 Å². The van der Waals surface area contributed by atoms with Crippen LogP contribution in [0.2, 0.25) is 0 Å². The number of nitrogens with two attached hydrogens (primary N) is 1. The number of likely N-dealkylation sites (tertiary alicyclic amines) is 1. The Morgan fingerprint density at radius 3 is 2.75 bits per heavy atom. The molecule has 0 unspecified atom stereocenters. The molecule has 3 aromatic heterocycles. The quantitative estimate of drug-likeness (QED) is 0.448. The molecule has 1 aromatic carbocycles. The number of ether oxygens (including phenoxy) is 1. The smallest absolute Gasteiger partial charge is 0.254 e. The number of pyridine rings is 1. The molecule has 4 aromatic rings. The van der Waals surface area contributed by atoms with E-state index in [0.29, 0.717) is 23.8 Å². The van der Waals surface area contributed by atoms with E-state index in [-0.39, 0.29) is 11.9 Å². The molecular weight excluding hydrogens is 454 g/mol. The number of carbonyl (C=O) groups is 1. The van der Waals surface area contributed by atoms with E-state index in [0.717, 1.165) is 60.0 Å². The van der Waals surface area contributed by atoms with E-state index in [1.54, 1.807) is 13.3 Å². The standard InChI is InChI=1S/C27H31N7O2/c1-32-24-21(12-18(13-23(24)36-2)27(35)33-11-5-6-19(28)16-33)31-26(32)22-14-30-25(20-7-3-4-10-29-20)34(22)15-17-8-9-17/h3-4,7,10,12-14,17,19H,5-6,8-9,11,15-16,28H2,1-2H3/t19-/m1/s1. The van der Waals surface area contributed by atoms with E-state index in [2.05, 4.69) is 9.55 Å². The van der Waals surface area contributed by atoms with Gasteiger partial charge in [-0.2, -0.15) is 0 Å². The van der Waals surface area contributed by atoms with Gasteiger partial charge in [-0.05, 0) is 55.9 Å². The van der Waals surface area contributed by atoms with Crippen LogP contribution in [0.1, 0.15) is 36.0 Å². The Bertz CT molecular complexity index is 1420. The molecule has 1 saturated carbocycles. The van der Waals surface area contributed by atoms with Gasteiger partial charge < -0.3 is 24.5 Å². The summed E-state index contributed by atoms with van der Waals surface area (Å²) < 4.78 is 10.0. The lowest BCUT2D eigenvalue weighted by molar-refractivity contribution is 0.0708. The summed E-state index contributed by atoms with van der Waals surface area (Å²) in [5, 5.41) is 0. The summed E-state index contributed by atoms with van der Waals surface area (Å²) in [4.78, 5) is 29.4. The molecule has 1 amide bonds. The number of amides is 1. The van der Waals surface area contributed by atoms with Crippen LogP contribution in [-0.4, -0.2) is 61.1 Å². The maximum absolute atomic E-state index is 13.3. The van der Waals surface area contributed by atoms with Crippen LogP contribution in [0.5, 0.6) is 5.75 Å². The number of rotatable bonds is 6. The number of carbonyl (C=O) groups excluding carboxylic acids is 1. The summed E-state index contributed by atoms with van der Waals surface area (Å²) >= 11 is 0. The maximum atomic E-state index is 13.3. The molecule has 0 bridgehead atoms. The Hall–Kier alpha value is -3.72. The van der Waals surface area contributed by atoms with Crippen LogP contribution < -0.4 is 10.5 Å². The Morgan fingerprint density at radius 2 is 2.03 bits per heavy atom. The zero-order valence-corrected chi connectivity index (χ0v) is 20.7. The van der Waals surface area contributed by atoms with E-state index in [4.69, 9.17) is 20.4 Å². The predicted molar refractivity (Wildman–Crippen MR) is 138 cm³/mol. The Kier molecular flexibility index (Phi) is 5.72. The molecule has 9 nitrogen and oxygen atoms in total. The first-order valence-corrected chi connectivity index (χ1v) is 12.6. The summed E-state index contributed by atoms with van der Waals surface area (Å²) in [6, 6.07) is 9.58. The number of fused-ring (bicyclic) bond motifs is 1. The van der Waals surface area contributed by atoms with Gasteiger partial charge in [0.05, 0.1) is 18.8 Å². The number of methoxy groups -OCH3 is 1. The molecule has 0 radical (unpaired) electrons. The summed E-state index contributed by atoms with van der Waals surface area (Å²) in [7, 11) is 3.61. The van der Waals surface area contributed by atoms with Gasteiger partial charge in [-0.3, -0.25) is 9.78 Å². The molecule has 1 aliphatic carbocycles. The molecule has 1 saturated heterocycles. The molecule has 0 spiro atoms. The summed E-state index contributed by atoms with van der Waals surface area (Å²) in [6.45, 7) is 2.17. The highest BCUT2D eigenvalue weighted by atomic mass is 16.5. The van der Waals surface area contributed by atoms with Crippen molar-refractivity contribution in [2.75, 3.05) is 20.2 Å². The molecule has 2 N–H and O–H groups in total. The van der Waals surface area contributed by atoms with Crippen molar-refractivity contribution >= 4 is 16.9 Å². The molecule has 1 aliphatic heterocycles. The number of nitrogens with zero attached hydrogens (tertiary/aromatic N) is 6. The number of hydrogen-bond donors (Lipinski definition) is 1. The van der Waals surface area contributed by atoms with Crippen molar-refractivity contribution in [1.29, 1.82) is 0 Å². The fraction of sp³-hybridized carbons (Fsp3) is 0.407. The van der Waals surface area contributed by atoms with Crippen LogP contribution >= 0.6 is 0 Å². The highest BCUT2D eigenvalue weighted by Gasteiger charge is 2.28. The van der Waals surface area contributed by atoms with Crippen molar-refractivity contribution in [2.45, 2.75) is 38.3 Å². The Labute approximate surface area is 209 Å². The van der Waals surface area contributed by atoms with Crippen molar-refractivity contribution < 1.29 is 9.53 Å². The van der Waals surface area contributed by atoms with Gasteiger partial charge in [-0.15, -0.1) is 0 Å². The fourth-order valence-corrected chi connectivity index (χ4v) is 5.19. The van der Waals surface area contributed by atoms with Crippen molar-refractivity contribution in [3.63, 3.8) is 0 Å². The normalized spacial score (nSPS) is 18.1. The first-order chi connectivity index (χ1) is 17.5. The van der Waals surface area contributed by atoms with Crippen molar-refractivity contribution in [1.82, 2.24) is 29.0 Å². The number of piperidine rings is 1. The highest BCUT2D eigenvalue weighted by Crippen LogP contribution is 2.37. The zero-order chi connectivity index (χ0) is 24.8. The van der Waals surface area contributed by atoms with E-state index in [9.17, 15) is 4.79 Å². The lowest BCUT2D eigenvalue weighted by atomic mass is 10.0. The average molecular weight is 486 g/mol. The number of aryl methyl sites for hydroxylation is 1. The number of aromatic nitrogens is 5. The van der Waals surface area contributed by atoms with Crippen LogP contribution in [0.3, 0.4) is 0 Å². The topological polar surface area (TPSA) is 104 Å². The molecular formula is C27H31N7O2. The second-order valence-corrected chi connectivity index (χ2v) is 9.93. The zero-order valence-electron chi connectivity index (χ0n) is 20.7. The van der Waals surface area contributed by atoms with Crippen LogP contribution in [0.15, 0.2) is 42.7 Å². The number of imidazole rings is 2. The largest absolute Gasteiger partial charge is 0.494 e. The molecule has 2 fully saturated rings. The Morgan fingerprint density at radius 1 is 1.17 bits per heavy atom. The number of hydrogen-bond acceptors (Lipinski definition) is 6. The van der Waals surface area contributed by atoms with Gasteiger partial charge in [0.15, 0.2) is 11.6 Å². The van der Waals surface area contributed by atoms with E-state index < -0.39 is 0 Å². The van der Waals surface area contributed by atoms with E-state index in [1.165, 1.54) is 12.8 Å². The minimum absolute atomic E-state index is 0.0230. The van der Waals surface area contributed by atoms with E-state index >= 15 is 0 Å². The van der Waals surface area contributed by atoms with Gasteiger partial charge in [-0.1, -0.05) is 6.07 Å². The minimum atomic E-state index is -0.0335. The molecule has 1 atom stereocenters. The van der Waals surface area contributed by atoms with Crippen LogP contribution in [-0.2, 0) is 13.6 Å². The first-order valence-electron chi connectivity index (χ1n) is 12.6. The Balaban J connectivity index is 1.45. The molecule has 6 rings (SSSR count). The van der Waals surface area contributed by atoms with Crippen LogP contribution in [0.4, 0.5) is 0 Å². The minimum Gasteiger partial charge on any atom is -0.494 e. The predicted octanol–water partition coefficient (Wildman–Crippen LogP) is 3.48. The summed E-state index contributed by atoms with van der Waals surface area (Å²) in [5.74, 6) is 2.85. The van der Waals surface area contributed by atoms with Crippen LogP contribution in [0.25, 0.3) is 34.1 Å². The third-order valence-corrected chi connectivity index (χ3v) is 7.26. The highest BCUT2D eigenvalue weighted by molar-refractivity contribution is 6.00. The molecule has 36 heavy (non-hydrogen) atoms. The third kappa shape index (κ3) is 4.03. The molecule has 186 valence electrons. The van der Waals surface area contributed by atoms with Gasteiger partial charge in [0, 0.05) is 44.5 Å². The van der Waals surface area contributed by atoms with Crippen molar-refractivity contribution in [3.05, 3.63) is 48.3 Å². The van der Waals surface area contributed by atoms with Gasteiger partial charge >= 0.3 is 0 Å². The lowest BCUT2D eigenvalue weighted by Gasteiger charge is -2.30. The number of benzene rings is 1. The molecule has 2 aliphatic rings. The van der Waals surface area contributed by atoms with E-state index in [1.807, 2.05) is 53.0 Å². The van der Waals surface area contributed by atoms with Gasteiger partial charge in [-0.25, -0.2) is 9.97 Å². The first kappa shape index (κ1) is 22.7. The van der Waals surface area contributed by atoms with Crippen LogP contribution in [0, 0.1) is 5.92 Å². The monoisotopic (exact) mass is 485 g/mol. The second-order valence-electron chi connectivity index (χ2n) is 9.93. The second kappa shape index (κ2) is 9.05. The summed E-state index contributed by atoms with van der Waals surface area (Å²) in [6.07, 6.45) is 7.98. The summed E-state index contributed by atoms with van der Waals surface area (Å²) in [5.41, 5.74) is 10.0. The van der Waals surface area contributed by atoms with Crippen molar-refractivity contribution in [2.24, 2.45) is 18.7 Å². The fourth-order valence-electron chi connectivity index (χ4n) is 5.19. The van der Waals surface area contributed by atoms with Gasteiger partial charge in [0.1, 0.15) is 22.7 Å². The third-order valence-electron chi connectivity index (χ3n) is 7.26. The van der Waals surface area contributed by atoms with Crippen molar-refractivity contribution in [3.8, 4) is 28.8 Å². The maximum Gasteiger partial charge on any atom is 0.254 e. The molecule has 4 heterocycles. The molecule has 9 heteroatoms.